The third kappa shape index (κ3) is 4.60. The SMILES string of the molecule is C=CCCCCCN1CCCCC1C1CCCCC1O. The Morgan fingerprint density at radius 2 is 1.80 bits per heavy atom. The van der Waals surface area contributed by atoms with Crippen LogP contribution in [0.1, 0.15) is 70.6 Å². The van der Waals surface area contributed by atoms with Crippen molar-refractivity contribution in [3.8, 4) is 0 Å². The fraction of sp³-hybridized carbons (Fsp3) is 0.889. The van der Waals surface area contributed by atoms with Crippen LogP contribution < -0.4 is 0 Å². The van der Waals surface area contributed by atoms with Crippen LogP contribution in [0.15, 0.2) is 12.7 Å². The molecular weight excluding hydrogens is 246 g/mol. The molecule has 0 aromatic carbocycles. The fourth-order valence-electron chi connectivity index (χ4n) is 4.15. The molecule has 1 heterocycles. The van der Waals surface area contributed by atoms with Crippen LogP contribution in [0.25, 0.3) is 0 Å². The van der Waals surface area contributed by atoms with Gasteiger partial charge in [0.15, 0.2) is 0 Å². The van der Waals surface area contributed by atoms with Gasteiger partial charge in [-0.25, -0.2) is 0 Å². The lowest BCUT2D eigenvalue weighted by atomic mass is 9.78. The van der Waals surface area contributed by atoms with E-state index in [-0.39, 0.29) is 6.10 Å². The van der Waals surface area contributed by atoms with Crippen molar-refractivity contribution in [2.75, 3.05) is 13.1 Å². The van der Waals surface area contributed by atoms with Crippen LogP contribution in [0.3, 0.4) is 0 Å². The Morgan fingerprint density at radius 1 is 1.00 bits per heavy atom. The Bertz CT molecular complexity index is 279. The van der Waals surface area contributed by atoms with E-state index < -0.39 is 0 Å². The second-order valence-corrected chi connectivity index (χ2v) is 6.75. The molecule has 0 spiro atoms. The summed E-state index contributed by atoms with van der Waals surface area (Å²) in [5.41, 5.74) is 0. The molecule has 0 aromatic heterocycles. The second kappa shape index (κ2) is 8.84. The van der Waals surface area contributed by atoms with Crippen LogP contribution in [-0.2, 0) is 0 Å². The normalized spacial score (nSPS) is 32.1. The topological polar surface area (TPSA) is 23.5 Å². The quantitative estimate of drug-likeness (QED) is 0.559. The lowest BCUT2D eigenvalue weighted by Crippen LogP contribution is -2.48. The van der Waals surface area contributed by atoms with Gasteiger partial charge in [0.25, 0.3) is 0 Å². The van der Waals surface area contributed by atoms with Crippen LogP contribution in [0, 0.1) is 5.92 Å². The molecule has 1 saturated heterocycles. The number of aliphatic hydroxyl groups is 1. The molecule has 0 aromatic rings. The standard InChI is InChI=1S/C18H33NO/c1-2-3-4-5-9-14-19-15-10-8-12-17(19)16-11-6-7-13-18(16)20/h2,16-18,20H,1,3-15H2. The van der Waals surface area contributed by atoms with Gasteiger partial charge in [-0.3, -0.25) is 0 Å². The minimum absolute atomic E-state index is 0.0323. The van der Waals surface area contributed by atoms with Gasteiger partial charge in [-0.15, -0.1) is 6.58 Å². The van der Waals surface area contributed by atoms with E-state index in [1.54, 1.807) is 0 Å². The molecule has 3 atom stereocenters. The van der Waals surface area contributed by atoms with Crippen LogP contribution in [0.5, 0.6) is 0 Å². The van der Waals surface area contributed by atoms with E-state index in [0.717, 1.165) is 12.8 Å². The molecule has 0 bridgehead atoms. The minimum atomic E-state index is -0.0323. The monoisotopic (exact) mass is 279 g/mol. The van der Waals surface area contributed by atoms with Crippen molar-refractivity contribution in [3.05, 3.63) is 12.7 Å². The average molecular weight is 279 g/mol. The largest absolute Gasteiger partial charge is 0.393 e. The first-order valence-corrected chi connectivity index (χ1v) is 8.86. The third-order valence-electron chi connectivity index (χ3n) is 5.29. The summed E-state index contributed by atoms with van der Waals surface area (Å²) in [6.07, 6.45) is 15.9. The summed E-state index contributed by atoms with van der Waals surface area (Å²) < 4.78 is 0. The average Bonchev–Trinajstić information content (AvgIpc) is 2.48. The van der Waals surface area contributed by atoms with Gasteiger partial charge in [0.1, 0.15) is 0 Å². The van der Waals surface area contributed by atoms with E-state index in [0.29, 0.717) is 12.0 Å². The zero-order valence-corrected chi connectivity index (χ0v) is 13.1. The lowest BCUT2D eigenvalue weighted by molar-refractivity contribution is -0.00599. The first-order valence-electron chi connectivity index (χ1n) is 8.86. The van der Waals surface area contributed by atoms with E-state index in [4.69, 9.17) is 0 Å². The number of likely N-dealkylation sites (tertiary alicyclic amines) is 1. The maximum absolute atomic E-state index is 10.3. The number of rotatable bonds is 7. The lowest BCUT2D eigenvalue weighted by Gasteiger charge is -2.43. The zero-order valence-electron chi connectivity index (χ0n) is 13.1. The fourth-order valence-corrected chi connectivity index (χ4v) is 4.15. The Hall–Kier alpha value is -0.340. The van der Waals surface area contributed by atoms with Gasteiger partial charge in [0.05, 0.1) is 6.10 Å². The van der Waals surface area contributed by atoms with Crippen molar-refractivity contribution in [2.24, 2.45) is 5.92 Å². The number of hydrogen-bond donors (Lipinski definition) is 1. The molecule has 2 nitrogen and oxygen atoms in total. The summed E-state index contributed by atoms with van der Waals surface area (Å²) in [6, 6.07) is 0.665. The van der Waals surface area contributed by atoms with E-state index >= 15 is 0 Å². The van der Waals surface area contributed by atoms with Crippen LogP contribution in [0.2, 0.25) is 0 Å². The number of unbranched alkanes of at least 4 members (excludes halogenated alkanes) is 3. The van der Waals surface area contributed by atoms with E-state index in [1.807, 2.05) is 6.08 Å². The van der Waals surface area contributed by atoms with Gasteiger partial charge >= 0.3 is 0 Å². The van der Waals surface area contributed by atoms with E-state index in [2.05, 4.69) is 11.5 Å². The molecule has 1 aliphatic heterocycles. The molecule has 2 fully saturated rings. The van der Waals surface area contributed by atoms with Gasteiger partial charge < -0.3 is 10.0 Å². The van der Waals surface area contributed by atoms with Crippen LogP contribution >= 0.6 is 0 Å². The second-order valence-electron chi connectivity index (χ2n) is 6.75. The molecule has 1 N–H and O–H groups in total. The van der Waals surface area contributed by atoms with Gasteiger partial charge in [0.2, 0.25) is 0 Å². The first kappa shape index (κ1) is 16.0. The smallest absolute Gasteiger partial charge is 0.0583 e. The van der Waals surface area contributed by atoms with Crippen molar-refractivity contribution in [1.82, 2.24) is 4.90 Å². The van der Waals surface area contributed by atoms with Gasteiger partial charge in [-0.1, -0.05) is 31.8 Å². The van der Waals surface area contributed by atoms with Crippen LogP contribution in [-0.4, -0.2) is 35.2 Å². The highest BCUT2D eigenvalue weighted by Crippen LogP contribution is 2.34. The van der Waals surface area contributed by atoms with Crippen molar-refractivity contribution in [2.45, 2.75) is 82.8 Å². The molecule has 0 radical (unpaired) electrons. The molecule has 2 rings (SSSR count). The highest BCUT2D eigenvalue weighted by molar-refractivity contribution is 4.88. The maximum atomic E-state index is 10.3. The minimum Gasteiger partial charge on any atom is -0.393 e. The van der Waals surface area contributed by atoms with Crippen molar-refractivity contribution < 1.29 is 5.11 Å². The van der Waals surface area contributed by atoms with Gasteiger partial charge in [-0.2, -0.15) is 0 Å². The Morgan fingerprint density at radius 3 is 2.60 bits per heavy atom. The number of nitrogens with zero attached hydrogens (tertiary/aromatic N) is 1. The molecule has 3 unspecified atom stereocenters. The Balaban J connectivity index is 1.79. The highest BCUT2D eigenvalue weighted by atomic mass is 16.3. The Kier molecular flexibility index (Phi) is 7.09. The molecule has 2 heteroatoms. The number of hydrogen-bond acceptors (Lipinski definition) is 2. The summed E-state index contributed by atoms with van der Waals surface area (Å²) in [6.45, 7) is 6.29. The molecular formula is C18H33NO. The zero-order chi connectivity index (χ0) is 14.2. The molecule has 2 aliphatic rings. The van der Waals surface area contributed by atoms with Gasteiger partial charge in [0, 0.05) is 12.0 Å². The molecule has 20 heavy (non-hydrogen) atoms. The van der Waals surface area contributed by atoms with Gasteiger partial charge in [-0.05, 0) is 58.0 Å². The Labute approximate surface area is 125 Å². The summed E-state index contributed by atoms with van der Waals surface area (Å²) in [5.74, 6) is 0.553. The summed E-state index contributed by atoms with van der Waals surface area (Å²) in [7, 11) is 0. The van der Waals surface area contributed by atoms with E-state index in [1.165, 1.54) is 70.9 Å². The predicted molar refractivity (Wildman–Crippen MR) is 85.8 cm³/mol. The number of piperidine rings is 1. The summed E-state index contributed by atoms with van der Waals surface area (Å²) in [5, 5.41) is 10.3. The van der Waals surface area contributed by atoms with E-state index in [9.17, 15) is 5.11 Å². The summed E-state index contributed by atoms with van der Waals surface area (Å²) >= 11 is 0. The predicted octanol–water partition coefficient (Wildman–Crippen LogP) is 4.14. The molecule has 0 amide bonds. The molecule has 116 valence electrons. The maximum Gasteiger partial charge on any atom is 0.0583 e. The summed E-state index contributed by atoms with van der Waals surface area (Å²) in [4.78, 5) is 2.70. The number of allylic oxidation sites excluding steroid dienone is 1. The van der Waals surface area contributed by atoms with Crippen molar-refractivity contribution in [3.63, 3.8) is 0 Å². The molecule has 1 saturated carbocycles. The third-order valence-corrected chi connectivity index (χ3v) is 5.29. The number of aliphatic hydroxyl groups excluding tert-OH is 1. The van der Waals surface area contributed by atoms with Crippen LogP contribution in [0.4, 0.5) is 0 Å². The highest BCUT2D eigenvalue weighted by Gasteiger charge is 2.35. The molecule has 1 aliphatic carbocycles. The first-order chi connectivity index (χ1) is 9.83. The van der Waals surface area contributed by atoms with Crippen molar-refractivity contribution >= 4 is 0 Å². The van der Waals surface area contributed by atoms with Crippen molar-refractivity contribution in [1.29, 1.82) is 0 Å².